The molecule has 2 aromatic carbocycles. The first-order valence-electron chi connectivity index (χ1n) is 8.14. The number of carbonyl (C=O) groups excluding carboxylic acids is 1. The number of anilines is 1. The molecule has 0 spiro atoms. The molecule has 1 aromatic heterocycles. The minimum absolute atomic E-state index is 0.164. The van der Waals surface area contributed by atoms with Gasteiger partial charge in [-0.2, -0.15) is 0 Å². The molecule has 8 heteroatoms. The van der Waals surface area contributed by atoms with Gasteiger partial charge in [0.15, 0.2) is 0 Å². The van der Waals surface area contributed by atoms with Gasteiger partial charge in [-0.05, 0) is 41.6 Å². The van der Waals surface area contributed by atoms with Crippen molar-refractivity contribution < 1.29 is 17.6 Å². The van der Waals surface area contributed by atoms with Crippen molar-refractivity contribution in [2.24, 2.45) is 0 Å². The quantitative estimate of drug-likeness (QED) is 0.631. The Morgan fingerprint density at radius 3 is 2.48 bits per heavy atom. The van der Waals surface area contributed by atoms with E-state index in [4.69, 9.17) is 0 Å². The van der Waals surface area contributed by atoms with Crippen LogP contribution in [0.15, 0.2) is 70.3 Å². The number of halogens is 1. The molecular weight excluding hydrogens is 387 g/mol. The van der Waals surface area contributed by atoms with Gasteiger partial charge in [-0.3, -0.25) is 9.52 Å². The highest BCUT2D eigenvalue weighted by molar-refractivity contribution is 7.94. The smallest absolute Gasteiger partial charge is 0.271 e. The zero-order chi connectivity index (χ0) is 19.3. The van der Waals surface area contributed by atoms with Gasteiger partial charge < -0.3 is 5.32 Å². The summed E-state index contributed by atoms with van der Waals surface area (Å²) in [4.78, 5) is 12.5. The molecule has 2 N–H and O–H groups in total. The van der Waals surface area contributed by atoms with E-state index in [9.17, 15) is 17.6 Å². The predicted molar refractivity (Wildman–Crippen MR) is 104 cm³/mol. The van der Waals surface area contributed by atoms with E-state index in [1.807, 2.05) is 0 Å². The van der Waals surface area contributed by atoms with Crippen LogP contribution in [0, 0.1) is 5.82 Å². The monoisotopic (exact) mass is 404 g/mol. The molecule has 1 amide bonds. The Kier molecular flexibility index (Phi) is 5.88. The maximum absolute atomic E-state index is 13.6. The van der Waals surface area contributed by atoms with Crippen LogP contribution < -0.4 is 10.0 Å². The number of sulfonamides is 1. The number of thiophene rings is 1. The van der Waals surface area contributed by atoms with Crippen LogP contribution >= 0.6 is 11.3 Å². The molecule has 0 aliphatic carbocycles. The van der Waals surface area contributed by atoms with Gasteiger partial charge in [-0.25, -0.2) is 12.8 Å². The van der Waals surface area contributed by atoms with E-state index in [1.54, 1.807) is 41.8 Å². The summed E-state index contributed by atoms with van der Waals surface area (Å²) < 4.78 is 41.0. The Balaban J connectivity index is 1.70. The maximum atomic E-state index is 13.6. The molecule has 0 fully saturated rings. The van der Waals surface area contributed by atoms with Crippen LogP contribution in [-0.4, -0.2) is 20.9 Å². The minimum atomic E-state index is -3.76. The van der Waals surface area contributed by atoms with E-state index in [0.717, 1.165) is 11.3 Å². The third-order valence-electron chi connectivity index (χ3n) is 3.81. The van der Waals surface area contributed by atoms with Gasteiger partial charge in [0, 0.05) is 6.54 Å². The Hall–Kier alpha value is -2.71. The van der Waals surface area contributed by atoms with Crippen LogP contribution in [-0.2, 0) is 16.4 Å². The standard InChI is InChI=1S/C19H17FN2O3S2/c20-16-8-3-1-6-14(16)11-12-21-19(23)15-7-2-4-9-17(15)22-27(24,25)18-10-5-13-26-18/h1-10,13,22H,11-12H2,(H,21,23). The fraction of sp³-hybridized carbons (Fsp3) is 0.105. The molecule has 0 atom stereocenters. The van der Waals surface area contributed by atoms with Gasteiger partial charge >= 0.3 is 0 Å². The Labute approximate surface area is 160 Å². The zero-order valence-electron chi connectivity index (χ0n) is 14.2. The summed E-state index contributed by atoms with van der Waals surface area (Å²) in [6.07, 6.45) is 0.335. The Bertz CT molecular complexity index is 1030. The van der Waals surface area contributed by atoms with Crippen molar-refractivity contribution in [3.05, 3.63) is 83.0 Å². The van der Waals surface area contributed by atoms with Gasteiger partial charge in [0.05, 0.1) is 11.3 Å². The number of rotatable bonds is 7. The van der Waals surface area contributed by atoms with Crippen LogP contribution in [0.5, 0.6) is 0 Å². The highest BCUT2D eigenvalue weighted by Crippen LogP contribution is 2.22. The van der Waals surface area contributed by atoms with Crippen molar-refractivity contribution in [3.63, 3.8) is 0 Å². The van der Waals surface area contributed by atoms with E-state index in [-0.39, 0.29) is 27.8 Å². The van der Waals surface area contributed by atoms with Crippen LogP contribution in [0.2, 0.25) is 0 Å². The number of amides is 1. The molecule has 3 rings (SSSR count). The fourth-order valence-electron chi connectivity index (χ4n) is 2.49. The van der Waals surface area contributed by atoms with Gasteiger partial charge in [0.25, 0.3) is 15.9 Å². The van der Waals surface area contributed by atoms with Gasteiger partial charge in [-0.1, -0.05) is 36.4 Å². The van der Waals surface area contributed by atoms with Crippen molar-refractivity contribution in [1.82, 2.24) is 5.32 Å². The second-order valence-electron chi connectivity index (χ2n) is 5.68. The van der Waals surface area contributed by atoms with Crippen molar-refractivity contribution in [1.29, 1.82) is 0 Å². The average Bonchev–Trinajstić information content (AvgIpc) is 3.19. The third kappa shape index (κ3) is 4.72. The first-order valence-corrected chi connectivity index (χ1v) is 10.5. The van der Waals surface area contributed by atoms with Crippen molar-refractivity contribution in [2.75, 3.05) is 11.3 Å². The first kappa shape index (κ1) is 19.1. The summed E-state index contributed by atoms with van der Waals surface area (Å²) >= 11 is 1.09. The van der Waals surface area contributed by atoms with E-state index in [2.05, 4.69) is 10.0 Å². The number of nitrogens with one attached hydrogen (secondary N) is 2. The lowest BCUT2D eigenvalue weighted by Gasteiger charge is -2.12. The molecule has 0 radical (unpaired) electrons. The summed E-state index contributed by atoms with van der Waals surface area (Å²) in [5.74, 6) is -0.758. The van der Waals surface area contributed by atoms with Crippen LogP contribution in [0.25, 0.3) is 0 Å². The van der Waals surface area contributed by atoms with Gasteiger partial charge in [0.2, 0.25) is 0 Å². The van der Waals surface area contributed by atoms with E-state index < -0.39 is 15.9 Å². The second-order valence-corrected chi connectivity index (χ2v) is 8.54. The SMILES string of the molecule is O=C(NCCc1ccccc1F)c1ccccc1NS(=O)(=O)c1cccs1. The summed E-state index contributed by atoms with van der Waals surface area (Å²) in [6, 6.07) is 15.8. The van der Waals surface area contributed by atoms with Crippen molar-refractivity contribution in [2.45, 2.75) is 10.6 Å². The molecule has 0 aliphatic rings. The molecule has 0 bridgehead atoms. The normalized spacial score (nSPS) is 11.1. The molecule has 3 aromatic rings. The van der Waals surface area contributed by atoms with Gasteiger partial charge in [0.1, 0.15) is 10.0 Å². The lowest BCUT2D eigenvalue weighted by atomic mass is 10.1. The van der Waals surface area contributed by atoms with Crippen molar-refractivity contribution in [3.8, 4) is 0 Å². The predicted octanol–water partition coefficient (Wildman–Crippen LogP) is 3.66. The lowest BCUT2D eigenvalue weighted by Crippen LogP contribution is -2.27. The molecule has 0 unspecified atom stereocenters. The van der Waals surface area contributed by atoms with Crippen LogP contribution in [0.1, 0.15) is 15.9 Å². The third-order valence-corrected chi connectivity index (χ3v) is 6.58. The largest absolute Gasteiger partial charge is 0.352 e. The van der Waals surface area contributed by atoms with Crippen molar-refractivity contribution >= 4 is 33.0 Å². The van der Waals surface area contributed by atoms with Crippen LogP contribution in [0.3, 0.4) is 0 Å². The highest BCUT2D eigenvalue weighted by Gasteiger charge is 2.19. The summed E-state index contributed by atoms with van der Waals surface area (Å²) in [7, 11) is -3.76. The summed E-state index contributed by atoms with van der Waals surface area (Å²) in [5, 5.41) is 4.36. The minimum Gasteiger partial charge on any atom is -0.352 e. The number of benzene rings is 2. The van der Waals surface area contributed by atoms with Crippen LogP contribution in [0.4, 0.5) is 10.1 Å². The number of carbonyl (C=O) groups is 1. The first-order chi connectivity index (χ1) is 13.0. The molecule has 0 aliphatic heterocycles. The Morgan fingerprint density at radius 2 is 1.74 bits per heavy atom. The number of para-hydroxylation sites is 1. The fourth-order valence-corrected chi connectivity index (χ4v) is 4.56. The number of hydrogen-bond donors (Lipinski definition) is 2. The molecule has 1 heterocycles. The van der Waals surface area contributed by atoms with E-state index >= 15 is 0 Å². The van der Waals surface area contributed by atoms with E-state index in [1.165, 1.54) is 24.3 Å². The summed E-state index contributed by atoms with van der Waals surface area (Å²) in [5.41, 5.74) is 0.893. The van der Waals surface area contributed by atoms with Gasteiger partial charge in [-0.15, -0.1) is 11.3 Å². The molecule has 0 saturated heterocycles. The highest BCUT2D eigenvalue weighted by atomic mass is 32.2. The lowest BCUT2D eigenvalue weighted by molar-refractivity contribution is 0.0955. The van der Waals surface area contributed by atoms with E-state index in [0.29, 0.717) is 12.0 Å². The molecule has 140 valence electrons. The topological polar surface area (TPSA) is 75.3 Å². The number of hydrogen-bond acceptors (Lipinski definition) is 4. The Morgan fingerprint density at radius 1 is 1.00 bits per heavy atom. The zero-order valence-corrected chi connectivity index (χ0v) is 15.8. The molecular formula is C19H17FN2O3S2. The molecule has 27 heavy (non-hydrogen) atoms. The average molecular weight is 404 g/mol. The maximum Gasteiger partial charge on any atom is 0.271 e. The molecule has 5 nitrogen and oxygen atoms in total. The second kappa shape index (κ2) is 8.32. The molecule has 0 saturated carbocycles. The summed E-state index contributed by atoms with van der Waals surface area (Å²) in [6.45, 7) is 0.228.